The molecule has 3 heterocycles. The third-order valence-electron chi connectivity index (χ3n) is 4.25. The van der Waals surface area contributed by atoms with Gasteiger partial charge in [0.05, 0.1) is 9.90 Å². The van der Waals surface area contributed by atoms with Gasteiger partial charge in [0.25, 0.3) is 10.0 Å². The summed E-state index contributed by atoms with van der Waals surface area (Å²) < 4.78 is 27.6. The van der Waals surface area contributed by atoms with E-state index in [0.29, 0.717) is 27.2 Å². The van der Waals surface area contributed by atoms with Crippen LogP contribution in [0.1, 0.15) is 5.56 Å². The molecule has 4 rings (SSSR count). The van der Waals surface area contributed by atoms with Crippen LogP contribution in [0.5, 0.6) is 0 Å². The molecule has 0 atom stereocenters. The molecule has 0 aliphatic carbocycles. The first kappa shape index (κ1) is 18.2. The van der Waals surface area contributed by atoms with Crippen molar-refractivity contribution in [3.63, 3.8) is 0 Å². The fraction of sp³-hybridized carbons (Fsp3) is 0.0526. The molecule has 9 heteroatoms. The normalized spacial score (nSPS) is 11.6. The predicted octanol–water partition coefficient (Wildman–Crippen LogP) is 4.40. The lowest BCUT2D eigenvalue weighted by atomic mass is 10.1. The molecule has 0 radical (unpaired) electrons. The molecule has 0 saturated heterocycles. The van der Waals surface area contributed by atoms with Crippen LogP contribution >= 0.6 is 11.3 Å². The molecule has 0 spiro atoms. The van der Waals surface area contributed by atoms with E-state index in [0.717, 1.165) is 5.56 Å². The molecule has 1 amide bonds. The van der Waals surface area contributed by atoms with E-state index >= 15 is 0 Å². The van der Waals surface area contributed by atoms with Crippen molar-refractivity contribution in [2.24, 2.45) is 0 Å². The fourth-order valence-corrected chi connectivity index (χ4v) is 5.03. The minimum absolute atomic E-state index is 0.172. The Bertz CT molecular complexity index is 1290. The van der Waals surface area contributed by atoms with Crippen LogP contribution in [0.3, 0.4) is 0 Å². The number of carbonyl (C=O) groups is 1. The van der Waals surface area contributed by atoms with Gasteiger partial charge in [-0.25, -0.2) is 22.2 Å². The first-order chi connectivity index (χ1) is 13.4. The van der Waals surface area contributed by atoms with Gasteiger partial charge in [-0.2, -0.15) is 0 Å². The summed E-state index contributed by atoms with van der Waals surface area (Å²) in [5.41, 5.74) is 2.65. The van der Waals surface area contributed by atoms with Crippen LogP contribution in [-0.4, -0.2) is 28.6 Å². The van der Waals surface area contributed by atoms with Gasteiger partial charge in [0.15, 0.2) is 5.65 Å². The first-order valence-electron chi connectivity index (χ1n) is 8.23. The lowest BCUT2D eigenvalue weighted by Gasteiger charge is -2.07. The van der Waals surface area contributed by atoms with Crippen molar-refractivity contribution in [1.82, 2.24) is 8.96 Å². The summed E-state index contributed by atoms with van der Waals surface area (Å²) in [4.78, 5) is 15.3. The lowest BCUT2D eigenvalue weighted by molar-refractivity contribution is 0.210. The Morgan fingerprint density at radius 2 is 1.96 bits per heavy atom. The van der Waals surface area contributed by atoms with Crippen LogP contribution in [0, 0.1) is 6.92 Å². The maximum atomic E-state index is 13.2. The number of carboxylic acid groups (broad SMARTS) is 1. The van der Waals surface area contributed by atoms with E-state index in [2.05, 4.69) is 10.3 Å². The highest BCUT2D eigenvalue weighted by Crippen LogP contribution is 2.36. The molecule has 28 heavy (non-hydrogen) atoms. The van der Waals surface area contributed by atoms with Gasteiger partial charge in [-0.1, -0.05) is 17.7 Å². The van der Waals surface area contributed by atoms with Gasteiger partial charge in [0, 0.05) is 28.7 Å². The number of nitrogens with zero attached hydrogens (tertiary/aromatic N) is 2. The SMILES string of the molecule is Cc1ccc(S(=O)(=O)n2cc(-c3csc(NC(=O)O)c3)c3cccnc32)cc1. The number of hydrogen-bond donors (Lipinski definition) is 2. The number of rotatable bonds is 4. The number of fused-ring (bicyclic) bond motifs is 1. The number of thiophene rings is 1. The Balaban J connectivity index is 1.88. The molecule has 1 aromatic carbocycles. The zero-order valence-corrected chi connectivity index (χ0v) is 16.3. The van der Waals surface area contributed by atoms with Crippen LogP contribution in [-0.2, 0) is 10.0 Å². The van der Waals surface area contributed by atoms with Gasteiger partial charge in [-0.15, -0.1) is 11.3 Å². The van der Waals surface area contributed by atoms with Gasteiger partial charge < -0.3 is 5.11 Å². The molecule has 4 aromatic rings. The summed E-state index contributed by atoms with van der Waals surface area (Å²) in [5.74, 6) is 0. The van der Waals surface area contributed by atoms with E-state index < -0.39 is 16.1 Å². The fourth-order valence-electron chi connectivity index (χ4n) is 2.92. The first-order valence-corrected chi connectivity index (χ1v) is 10.6. The van der Waals surface area contributed by atoms with Crippen LogP contribution in [0.2, 0.25) is 0 Å². The number of amides is 1. The molecule has 3 aromatic heterocycles. The molecular formula is C19H15N3O4S2. The summed E-state index contributed by atoms with van der Waals surface area (Å²) in [6.07, 6.45) is 1.91. The smallest absolute Gasteiger partial charge is 0.409 e. The number of aromatic nitrogens is 2. The lowest BCUT2D eigenvalue weighted by Crippen LogP contribution is -2.12. The van der Waals surface area contributed by atoms with E-state index in [1.807, 2.05) is 6.92 Å². The highest BCUT2D eigenvalue weighted by Gasteiger charge is 2.23. The van der Waals surface area contributed by atoms with Crippen LogP contribution < -0.4 is 5.32 Å². The summed E-state index contributed by atoms with van der Waals surface area (Å²) in [6.45, 7) is 1.89. The zero-order valence-electron chi connectivity index (χ0n) is 14.7. The molecule has 7 nitrogen and oxygen atoms in total. The van der Waals surface area contributed by atoms with Crippen molar-refractivity contribution in [3.05, 3.63) is 65.8 Å². The topological polar surface area (TPSA) is 101 Å². The monoisotopic (exact) mass is 413 g/mol. The molecule has 0 fully saturated rings. The Morgan fingerprint density at radius 3 is 2.68 bits per heavy atom. The number of nitrogens with one attached hydrogen (secondary N) is 1. The molecule has 0 bridgehead atoms. The quantitative estimate of drug-likeness (QED) is 0.516. The summed E-state index contributed by atoms with van der Waals surface area (Å²) in [6, 6.07) is 11.8. The summed E-state index contributed by atoms with van der Waals surface area (Å²) >= 11 is 1.22. The van der Waals surface area contributed by atoms with Crippen LogP contribution in [0.15, 0.2) is 65.1 Å². The zero-order chi connectivity index (χ0) is 19.9. The third-order valence-corrected chi connectivity index (χ3v) is 6.76. The highest BCUT2D eigenvalue weighted by atomic mass is 32.2. The van der Waals surface area contributed by atoms with E-state index in [-0.39, 0.29) is 4.90 Å². The van der Waals surface area contributed by atoms with E-state index in [1.165, 1.54) is 27.7 Å². The van der Waals surface area contributed by atoms with Crippen molar-refractivity contribution in [3.8, 4) is 11.1 Å². The largest absolute Gasteiger partial charge is 0.465 e. The van der Waals surface area contributed by atoms with Crippen molar-refractivity contribution in [2.75, 3.05) is 5.32 Å². The van der Waals surface area contributed by atoms with Gasteiger partial charge in [0.2, 0.25) is 0 Å². The average molecular weight is 413 g/mol. The second kappa shape index (κ2) is 6.77. The van der Waals surface area contributed by atoms with Gasteiger partial charge in [-0.05, 0) is 42.8 Å². The summed E-state index contributed by atoms with van der Waals surface area (Å²) in [7, 11) is -3.83. The number of pyridine rings is 1. The van der Waals surface area contributed by atoms with E-state index in [9.17, 15) is 13.2 Å². The van der Waals surface area contributed by atoms with E-state index in [1.54, 1.807) is 47.8 Å². The Hall–Kier alpha value is -3.17. The number of aryl methyl sites for hydroxylation is 1. The number of hydrogen-bond acceptors (Lipinski definition) is 5. The Morgan fingerprint density at radius 1 is 1.21 bits per heavy atom. The molecule has 0 aliphatic heterocycles. The molecular weight excluding hydrogens is 398 g/mol. The third kappa shape index (κ3) is 3.14. The van der Waals surface area contributed by atoms with Crippen molar-refractivity contribution in [1.29, 1.82) is 0 Å². The Kier molecular flexibility index (Phi) is 4.40. The number of benzene rings is 1. The highest BCUT2D eigenvalue weighted by molar-refractivity contribution is 7.90. The molecule has 142 valence electrons. The van der Waals surface area contributed by atoms with Crippen LogP contribution in [0.25, 0.3) is 22.2 Å². The number of anilines is 1. The maximum absolute atomic E-state index is 13.2. The predicted molar refractivity (Wildman–Crippen MR) is 108 cm³/mol. The molecule has 0 aliphatic rings. The van der Waals surface area contributed by atoms with Gasteiger partial charge in [0.1, 0.15) is 0 Å². The standard InChI is InChI=1S/C19H15N3O4S2/c1-12-4-6-14(7-5-12)28(25,26)22-10-16(15-3-2-8-20-18(15)22)13-9-17(27-11-13)21-19(23)24/h2-11,21H,1H3,(H,23,24). The van der Waals surface area contributed by atoms with Gasteiger partial charge >= 0.3 is 6.09 Å². The van der Waals surface area contributed by atoms with Crippen molar-refractivity contribution < 1.29 is 18.3 Å². The van der Waals surface area contributed by atoms with Crippen molar-refractivity contribution in [2.45, 2.75) is 11.8 Å². The van der Waals surface area contributed by atoms with Crippen LogP contribution in [0.4, 0.5) is 9.80 Å². The second-order valence-electron chi connectivity index (χ2n) is 6.16. The molecule has 2 N–H and O–H groups in total. The Labute approximate surface area is 165 Å². The van der Waals surface area contributed by atoms with E-state index in [4.69, 9.17) is 5.11 Å². The second-order valence-corrected chi connectivity index (χ2v) is 8.89. The maximum Gasteiger partial charge on any atom is 0.409 e. The average Bonchev–Trinajstić information content (AvgIpc) is 3.26. The molecule has 0 saturated carbocycles. The minimum atomic E-state index is -3.83. The van der Waals surface area contributed by atoms with Gasteiger partial charge in [-0.3, -0.25) is 5.32 Å². The minimum Gasteiger partial charge on any atom is -0.465 e. The summed E-state index contributed by atoms with van der Waals surface area (Å²) in [5, 5.41) is 14.1. The van der Waals surface area contributed by atoms with Crippen molar-refractivity contribution >= 4 is 43.5 Å². The molecule has 0 unspecified atom stereocenters.